The molecular weight excluding hydrogens is 389 g/mol. The number of carbonyl (C=O) groups excluding carboxylic acids is 1. The van der Waals surface area contributed by atoms with E-state index >= 15 is 0 Å². The van der Waals surface area contributed by atoms with E-state index in [-0.39, 0.29) is 18.0 Å². The number of carbonyl (C=O) groups is 1. The van der Waals surface area contributed by atoms with E-state index in [0.717, 1.165) is 3.57 Å². The van der Waals surface area contributed by atoms with Gasteiger partial charge in [-0.1, -0.05) is 29.8 Å². The van der Waals surface area contributed by atoms with Gasteiger partial charge in [0.25, 0.3) is 0 Å². The first kappa shape index (κ1) is 14.8. The standard InChI is InChI=1S/C15H9ClINO2/c16-13-2-1-3-15(12(13)8-18)20-9-14(19)10-4-6-11(17)7-5-10/h1-7H,9H2. The number of ether oxygens (including phenoxy) is 1. The highest BCUT2D eigenvalue weighted by Gasteiger charge is 2.11. The van der Waals surface area contributed by atoms with Crippen molar-refractivity contribution in [1.29, 1.82) is 5.26 Å². The third-order valence-corrected chi connectivity index (χ3v) is 3.65. The van der Waals surface area contributed by atoms with Crippen molar-refractivity contribution in [3.63, 3.8) is 0 Å². The summed E-state index contributed by atoms with van der Waals surface area (Å²) in [6.45, 7) is -0.129. The van der Waals surface area contributed by atoms with Crippen LogP contribution in [-0.2, 0) is 0 Å². The third kappa shape index (κ3) is 3.50. The van der Waals surface area contributed by atoms with Crippen LogP contribution in [0.15, 0.2) is 42.5 Å². The molecule has 0 radical (unpaired) electrons. The first-order valence-corrected chi connectivity index (χ1v) is 7.17. The predicted octanol–water partition coefficient (Wildman–Crippen LogP) is 4.08. The van der Waals surface area contributed by atoms with Gasteiger partial charge in [0, 0.05) is 9.13 Å². The molecule has 0 heterocycles. The van der Waals surface area contributed by atoms with Gasteiger partial charge in [0.15, 0.2) is 12.4 Å². The fourth-order valence-electron chi connectivity index (χ4n) is 1.60. The second-order valence-electron chi connectivity index (χ2n) is 3.94. The summed E-state index contributed by atoms with van der Waals surface area (Å²) in [5, 5.41) is 9.32. The van der Waals surface area contributed by atoms with Gasteiger partial charge in [-0.2, -0.15) is 5.26 Å². The Morgan fingerprint density at radius 2 is 1.95 bits per heavy atom. The molecule has 0 aromatic heterocycles. The van der Waals surface area contributed by atoms with Crippen LogP contribution < -0.4 is 4.74 Å². The molecule has 100 valence electrons. The molecule has 2 rings (SSSR count). The number of nitriles is 1. The summed E-state index contributed by atoms with van der Waals surface area (Å²) in [7, 11) is 0. The van der Waals surface area contributed by atoms with E-state index in [4.69, 9.17) is 21.6 Å². The van der Waals surface area contributed by atoms with Crippen molar-refractivity contribution in [2.75, 3.05) is 6.61 Å². The Bertz CT molecular complexity index is 677. The van der Waals surface area contributed by atoms with Crippen molar-refractivity contribution < 1.29 is 9.53 Å². The number of nitrogens with zero attached hydrogens (tertiary/aromatic N) is 1. The molecule has 0 spiro atoms. The minimum atomic E-state index is -0.148. The lowest BCUT2D eigenvalue weighted by molar-refractivity contribution is 0.0921. The van der Waals surface area contributed by atoms with Crippen molar-refractivity contribution in [2.45, 2.75) is 0 Å². The highest BCUT2D eigenvalue weighted by molar-refractivity contribution is 14.1. The summed E-state index contributed by atoms with van der Waals surface area (Å²) in [4.78, 5) is 12.0. The van der Waals surface area contributed by atoms with Gasteiger partial charge >= 0.3 is 0 Å². The van der Waals surface area contributed by atoms with Crippen molar-refractivity contribution >= 4 is 40.0 Å². The van der Waals surface area contributed by atoms with E-state index in [0.29, 0.717) is 16.3 Å². The molecule has 0 aliphatic rings. The smallest absolute Gasteiger partial charge is 0.200 e. The monoisotopic (exact) mass is 397 g/mol. The topological polar surface area (TPSA) is 50.1 Å². The number of ketones is 1. The highest BCUT2D eigenvalue weighted by Crippen LogP contribution is 2.25. The van der Waals surface area contributed by atoms with Crippen molar-refractivity contribution in [2.24, 2.45) is 0 Å². The minimum absolute atomic E-state index is 0.129. The zero-order chi connectivity index (χ0) is 14.5. The first-order chi connectivity index (χ1) is 9.61. The van der Waals surface area contributed by atoms with Gasteiger partial charge in [0.05, 0.1) is 5.02 Å². The number of halogens is 2. The molecule has 5 heteroatoms. The lowest BCUT2D eigenvalue weighted by atomic mass is 10.1. The summed E-state index contributed by atoms with van der Waals surface area (Å²) in [6, 6.07) is 14.1. The maximum absolute atomic E-state index is 12.0. The van der Waals surface area contributed by atoms with Gasteiger partial charge in [-0.05, 0) is 46.9 Å². The molecule has 3 nitrogen and oxygen atoms in total. The molecule has 2 aromatic carbocycles. The van der Waals surface area contributed by atoms with E-state index in [9.17, 15) is 4.79 Å². The number of benzene rings is 2. The van der Waals surface area contributed by atoms with Crippen LogP contribution in [0.25, 0.3) is 0 Å². The number of Topliss-reactive ketones (excluding diaryl/α,β-unsaturated/α-hetero) is 1. The maximum Gasteiger partial charge on any atom is 0.200 e. The molecule has 0 bridgehead atoms. The number of hydrogen-bond donors (Lipinski definition) is 0. The van der Waals surface area contributed by atoms with Crippen molar-refractivity contribution in [3.05, 3.63) is 62.2 Å². The molecule has 0 amide bonds. The molecule has 2 aromatic rings. The number of hydrogen-bond acceptors (Lipinski definition) is 3. The van der Waals surface area contributed by atoms with E-state index in [1.807, 2.05) is 18.2 Å². The molecule has 0 saturated carbocycles. The van der Waals surface area contributed by atoms with Crippen molar-refractivity contribution in [1.82, 2.24) is 0 Å². The lowest BCUT2D eigenvalue weighted by Gasteiger charge is -2.08. The maximum atomic E-state index is 12.0. The van der Waals surface area contributed by atoms with Crippen LogP contribution in [0.1, 0.15) is 15.9 Å². The fourth-order valence-corrected chi connectivity index (χ4v) is 2.16. The van der Waals surface area contributed by atoms with Gasteiger partial charge in [-0.25, -0.2) is 0 Å². The van der Waals surface area contributed by atoms with Gasteiger partial charge in [-0.15, -0.1) is 0 Å². The second-order valence-corrected chi connectivity index (χ2v) is 5.60. The Morgan fingerprint density at radius 3 is 2.60 bits per heavy atom. The minimum Gasteiger partial charge on any atom is -0.484 e. The Hall–Kier alpha value is -1.58. The van der Waals surface area contributed by atoms with Gasteiger partial charge in [0.1, 0.15) is 17.4 Å². The van der Waals surface area contributed by atoms with E-state index in [2.05, 4.69) is 22.6 Å². The molecule has 20 heavy (non-hydrogen) atoms. The molecular formula is C15H9ClINO2. The summed E-state index contributed by atoms with van der Waals surface area (Å²) in [6.07, 6.45) is 0. The SMILES string of the molecule is N#Cc1c(Cl)cccc1OCC(=O)c1ccc(I)cc1. The molecule has 0 atom stereocenters. The van der Waals surface area contributed by atoms with Crippen LogP contribution in [0.5, 0.6) is 5.75 Å². The lowest BCUT2D eigenvalue weighted by Crippen LogP contribution is -2.12. The zero-order valence-corrected chi connectivity index (χ0v) is 13.2. The molecule has 0 N–H and O–H groups in total. The fraction of sp³-hybridized carbons (Fsp3) is 0.0667. The van der Waals surface area contributed by atoms with Crippen LogP contribution >= 0.6 is 34.2 Å². The Morgan fingerprint density at radius 1 is 1.25 bits per heavy atom. The largest absolute Gasteiger partial charge is 0.484 e. The van der Waals surface area contributed by atoms with Gasteiger partial charge in [-0.3, -0.25) is 4.79 Å². The van der Waals surface area contributed by atoms with Crippen LogP contribution in [-0.4, -0.2) is 12.4 Å². The summed E-state index contributed by atoms with van der Waals surface area (Å²) >= 11 is 8.06. The second kappa shape index (κ2) is 6.73. The zero-order valence-electron chi connectivity index (χ0n) is 10.3. The van der Waals surface area contributed by atoms with Gasteiger partial charge < -0.3 is 4.74 Å². The van der Waals surface area contributed by atoms with Crippen molar-refractivity contribution in [3.8, 4) is 11.8 Å². The molecule has 0 unspecified atom stereocenters. The van der Waals surface area contributed by atoms with Crippen LogP contribution in [0.2, 0.25) is 5.02 Å². The van der Waals surface area contributed by atoms with Crippen LogP contribution in [0.4, 0.5) is 0 Å². The average molecular weight is 398 g/mol. The predicted molar refractivity (Wildman–Crippen MR) is 85.2 cm³/mol. The Kier molecular flexibility index (Phi) is 4.99. The summed E-state index contributed by atoms with van der Waals surface area (Å²) < 4.78 is 6.45. The Balaban J connectivity index is 2.10. The van der Waals surface area contributed by atoms with Crippen LogP contribution in [0.3, 0.4) is 0 Å². The van der Waals surface area contributed by atoms with E-state index < -0.39 is 0 Å². The molecule has 0 fully saturated rings. The van der Waals surface area contributed by atoms with E-state index in [1.165, 1.54) is 0 Å². The quantitative estimate of drug-likeness (QED) is 0.577. The Labute approximate surface area is 135 Å². The summed E-state index contributed by atoms with van der Waals surface area (Å²) in [5.41, 5.74) is 0.815. The number of rotatable bonds is 4. The molecule has 0 saturated heterocycles. The van der Waals surface area contributed by atoms with Gasteiger partial charge in [0.2, 0.25) is 0 Å². The van der Waals surface area contributed by atoms with Crippen LogP contribution in [0, 0.1) is 14.9 Å². The van der Waals surface area contributed by atoms with E-state index in [1.54, 1.807) is 30.3 Å². The average Bonchev–Trinajstić information content (AvgIpc) is 2.45. The first-order valence-electron chi connectivity index (χ1n) is 5.72. The summed E-state index contributed by atoms with van der Waals surface area (Å²) in [5.74, 6) is 0.170. The molecule has 0 aliphatic carbocycles. The normalized spacial score (nSPS) is 9.85. The molecule has 0 aliphatic heterocycles. The third-order valence-electron chi connectivity index (χ3n) is 2.61. The highest BCUT2D eigenvalue weighted by atomic mass is 127.